The second-order valence-corrected chi connectivity index (χ2v) is 7.06. The fraction of sp³-hybridized carbons (Fsp3) is 0.526. The zero-order chi connectivity index (χ0) is 20.2. The molecule has 0 aromatic carbocycles. The number of piperazine rings is 1. The second kappa shape index (κ2) is 8.56. The Kier molecular flexibility index (Phi) is 5.70. The third kappa shape index (κ3) is 4.07. The molecular weight excluding hydrogens is 374 g/mol. The molecule has 0 bridgehead atoms. The molecule has 1 N–H and O–H groups in total. The van der Waals surface area contributed by atoms with Crippen LogP contribution in [0.1, 0.15) is 28.7 Å². The maximum atomic E-state index is 13.0. The minimum absolute atomic E-state index is 0.0424. The van der Waals surface area contributed by atoms with E-state index in [9.17, 15) is 9.59 Å². The van der Waals surface area contributed by atoms with E-state index in [1.54, 1.807) is 23.4 Å². The van der Waals surface area contributed by atoms with Crippen molar-refractivity contribution in [1.82, 2.24) is 30.0 Å². The van der Waals surface area contributed by atoms with E-state index in [0.29, 0.717) is 63.9 Å². The lowest BCUT2D eigenvalue weighted by atomic mass is 10.0. The molecule has 10 nitrogen and oxygen atoms in total. The van der Waals surface area contributed by atoms with Gasteiger partial charge in [0.1, 0.15) is 6.61 Å². The fourth-order valence-corrected chi connectivity index (χ4v) is 3.70. The van der Waals surface area contributed by atoms with E-state index >= 15 is 0 Å². The van der Waals surface area contributed by atoms with Crippen LogP contribution in [-0.2, 0) is 22.5 Å². The summed E-state index contributed by atoms with van der Waals surface area (Å²) in [5.74, 6) is 0.581. The van der Waals surface area contributed by atoms with Crippen LogP contribution in [-0.4, -0.2) is 87.7 Å². The summed E-state index contributed by atoms with van der Waals surface area (Å²) in [5, 5.41) is 7.24. The smallest absolute Gasteiger partial charge is 0.274 e. The monoisotopic (exact) mass is 399 g/mol. The van der Waals surface area contributed by atoms with Crippen LogP contribution in [0.5, 0.6) is 0 Å². The Morgan fingerprint density at radius 2 is 1.86 bits per heavy atom. The Hall–Kier alpha value is -3.01. The molecule has 1 saturated heterocycles. The summed E-state index contributed by atoms with van der Waals surface area (Å²) in [4.78, 5) is 39.4. The van der Waals surface area contributed by atoms with Gasteiger partial charge in [-0.1, -0.05) is 0 Å². The molecule has 0 saturated carbocycles. The largest absolute Gasteiger partial charge is 0.372 e. The van der Waals surface area contributed by atoms with E-state index in [-0.39, 0.29) is 18.4 Å². The maximum absolute atomic E-state index is 13.0. The van der Waals surface area contributed by atoms with Crippen molar-refractivity contribution in [3.05, 3.63) is 35.4 Å². The number of hydrogen-bond donors (Lipinski definition) is 1. The third-order valence-electron chi connectivity index (χ3n) is 5.32. The average Bonchev–Trinajstić information content (AvgIpc) is 3.21. The number of anilines is 1. The number of aromatic nitrogens is 4. The highest BCUT2D eigenvalue weighted by atomic mass is 16.5. The van der Waals surface area contributed by atoms with Gasteiger partial charge in [-0.25, -0.2) is 9.97 Å². The molecule has 2 aromatic rings. The highest BCUT2D eigenvalue weighted by molar-refractivity contribution is 5.94. The van der Waals surface area contributed by atoms with E-state index in [1.165, 1.54) is 0 Å². The summed E-state index contributed by atoms with van der Waals surface area (Å²) in [7, 11) is 0. The van der Waals surface area contributed by atoms with Gasteiger partial charge in [-0.2, -0.15) is 5.10 Å². The van der Waals surface area contributed by atoms with Crippen molar-refractivity contribution < 1.29 is 14.3 Å². The van der Waals surface area contributed by atoms with Gasteiger partial charge in [-0.15, -0.1) is 0 Å². The fourth-order valence-electron chi connectivity index (χ4n) is 3.70. The maximum Gasteiger partial charge on any atom is 0.274 e. The number of ether oxygens (including phenoxy) is 1. The number of rotatable bonds is 5. The normalized spacial score (nSPS) is 16.7. The predicted molar refractivity (Wildman–Crippen MR) is 104 cm³/mol. The van der Waals surface area contributed by atoms with Crippen molar-refractivity contribution in [2.45, 2.75) is 19.9 Å². The van der Waals surface area contributed by atoms with Crippen LogP contribution in [0.15, 0.2) is 18.5 Å². The van der Waals surface area contributed by atoms with Crippen molar-refractivity contribution in [2.24, 2.45) is 0 Å². The lowest BCUT2D eigenvalue weighted by Gasteiger charge is -2.34. The molecule has 0 spiro atoms. The standard InChI is InChI=1S/C19H25N7O3/c1-2-29-13-16(27)26-7-4-14-15(12-26)22-23-17(14)18(28)24-8-10-25(11-9-24)19-20-5-3-6-21-19/h3,5-6H,2,4,7-13H2,1H3,(H,22,23). The molecule has 1 fully saturated rings. The second-order valence-electron chi connectivity index (χ2n) is 7.06. The van der Waals surface area contributed by atoms with Crippen LogP contribution < -0.4 is 4.90 Å². The van der Waals surface area contributed by atoms with Gasteiger partial charge in [-0.05, 0) is 19.4 Å². The summed E-state index contributed by atoms with van der Waals surface area (Å²) in [6.07, 6.45) is 4.05. The molecule has 0 radical (unpaired) electrons. The zero-order valence-corrected chi connectivity index (χ0v) is 16.5. The van der Waals surface area contributed by atoms with E-state index in [0.717, 1.165) is 11.3 Å². The SMILES string of the molecule is CCOCC(=O)N1CCc2c(C(=O)N3CCN(c4ncccn4)CC3)n[nH]c2C1. The van der Waals surface area contributed by atoms with Crippen molar-refractivity contribution in [3.63, 3.8) is 0 Å². The van der Waals surface area contributed by atoms with Crippen molar-refractivity contribution in [1.29, 1.82) is 0 Å². The van der Waals surface area contributed by atoms with Crippen LogP contribution in [0.4, 0.5) is 5.95 Å². The third-order valence-corrected chi connectivity index (χ3v) is 5.32. The number of amides is 2. The van der Waals surface area contributed by atoms with Crippen molar-refractivity contribution in [3.8, 4) is 0 Å². The molecule has 2 aliphatic rings. The Morgan fingerprint density at radius 3 is 2.59 bits per heavy atom. The lowest BCUT2D eigenvalue weighted by molar-refractivity contribution is -0.136. The van der Waals surface area contributed by atoms with Gasteiger partial charge in [0, 0.05) is 57.3 Å². The van der Waals surface area contributed by atoms with E-state index in [2.05, 4.69) is 25.1 Å². The molecule has 2 aromatic heterocycles. The predicted octanol–water partition coefficient (Wildman–Crippen LogP) is 0.0833. The Labute approximate surface area is 168 Å². The van der Waals surface area contributed by atoms with E-state index in [1.807, 2.05) is 11.8 Å². The van der Waals surface area contributed by atoms with Crippen LogP contribution in [0.3, 0.4) is 0 Å². The minimum Gasteiger partial charge on any atom is -0.372 e. The molecule has 154 valence electrons. The number of carbonyl (C=O) groups excluding carboxylic acids is 2. The number of nitrogens with one attached hydrogen (secondary N) is 1. The first-order valence-corrected chi connectivity index (χ1v) is 9.90. The quantitative estimate of drug-likeness (QED) is 0.759. The average molecular weight is 399 g/mol. The van der Waals surface area contributed by atoms with Crippen LogP contribution in [0, 0.1) is 0 Å². The molecule has 0 unspecified atom stereocenters. The Morgan fingerprint density at radius 1 is 1.10 bits per heavy atom. The molecular formula is C19H25N7O3. The van der Waals surface area contributed by atoms with Gasteiger partial charge in [0.05, 0.1) is 12.2 Å². The number of H-pyrrole nitrogens is 1. The number of nitrogens with zero attached hydrogens (tertiary/aromatic N) is 6. The van der Waals surface area contributed by atoms with Gasteiger partial charge in [0.2, 0.25) is 11.9 Å². The first-order valence-electron chi connectivity index (χ1n) is 9.90. The molecule has 0 atom stereocenters. The highest BCUT2D eigenvalue weighted by Gasteiger charge is 2.31. The topological polar surface area (TPSA) is 108 Å². The molecule has 0 aliphatic carbocycles. The van der Waals surface area contributed by atoms with Crippen molar-refractivity contribution in [2.75, 3.05) is 50.8 Å². The zero-order valence-electron chi connectivity index (χ0n) is 16.5. The van der Waals surface area contributed by atoms with Gasteiger partial charge in [-0.3, -0.25) is 14.7 Å². The van der Waals surface area contributed by atoms with E-state index in [4.69, 9.17) is 4.74 Å². The van der Waals surface area contributed by atoms with Gasteiger partial charge in [0.15, 0.2) is 5.69 Å². The number of carbonyl (C=O) groups is 2. The van der Waals surface area contributed by atoms with Gasteiger partial charge in [0.25, 0.3) is 5.91 Å². The highest BCUT2D eigenvalue weighted by Crippen LogP contribution is 2.22. The summed E-state index contributed by atoms with van der Waals surface area (Å²) in [6, 6.07) is 1.79. The van der Waals surface area contributed by atoms with Gasteiger partial charge < -0.3 is 19.4 Å². The summed E-state index contributed by atoms with van der Waals surface area (Å²) in [5.41, 5.74) is 2.23. The minimum atomic E-state index is -0.0646. The molecule has 2 aliphatic heterocycles. The lowest BCUT2D eigenvalue weighted by Crippen LogP contribution is -2.49. The van der Waals surface area contributed by atoms with Crippen LogP contribution in [0.25, 0.3) is 0 Å². The van der Waals surface area contributed by atoms with Crippen LogP contribution in [0.2, 0.25) is 0 Å². The first kappa shape index (κ1) is 19.3. The Balaban J connectivity index is 1.38. The van der Waals surface area contributed by atoms with Gasteiger partial charge >= 0.3 is 0 Å². The number of aromatic amines is 1. The Bertz CT molecular complexity index is 862. The summed E-state index contributed by atoms with van der Waals surface area (Å²) >= 11 is 0. The summed E-state index contributed by atoms with van der Waals surface area (Å²) in [6.45, 7) is 6.01. The number of fused-ring (bicyclic) bond motifs is 1. The van der Waals surface area contributed by atoms with Crippen molar-refractivity contribution >= 4 is 17.8 Å². The van der Waals surface area contributed by atoms with E-state index < -0.39 is 0 Å². The molecule has 10 heteroatoms. The molecule has 4 rings (SSSR count). The summed E-state index contributed by atoms with van der Waals surface area (Å²) < 4.78 is 5.21. The first-order chi connectivity index (χ1) is 14.2. The molecule has 29 heavy (non-hydrogen) atoms. The van der Waals surface area contributed by atoms with Crippen LogP contribution >= 0.6 is 0 Å². The molecule has 4 heterocycles. The number of hydrogen-bond acceptors (Lipinski definition) is 7. The molecule has 2 amide bonds.